The Labute approximate surface area is 133 Å². The quantitative estimate of drug-likeness (QED) is 0.121. The maximum Gasteiger partial charge on any atom is 0.326 e. The van der Waals surface area contributed by atoms with Crippen LogP contribution in [0.2, 0.25) is 0 Å². The largest absolute Gasteiger partial charge is 0.480 e. The molecule has 0 bridgehead atoms. The molecule has 0 aliphatic carbocycles. The van der Waals surface area contributed by atoms with Gasteiger partial charge in [-0.05, 0) is 19.8 Å². The third kappa shape index (κ3) is 9.26. The Morgan fingerprint density at radius 3 is 2.35 bits per heavy atom. The van der Waals surface area contributed by atoms with Gasteiger partial charge >= 0.3 is 5.97 Å². The summed E-state index contributed by atoms with van der Waals surface area (Å²) in [5, 5.41) is 22.6. The molecule has 0 aromatic heterocycles. The second-order valence-electron chi connectivity index (χ2n) is 4.89. The van der Waals surface area contributed by atoms with E-state index in [0.29, 0.717) is 6.42 Å². The predicted molar refractivity (Wildman–Crippen MR) is 82.1 cm³/mol. The number of hydrogen-bond donors (Lipinski definition) is 7. The van der Waals surface area contributed by atoms with Crippen LogP contribution in [0.15, 0.2) is 4.99 Å². The monoisotopic (exact) mass is 332 g/mol. The molecule has 11 heteroatoms. The topological polar surface area (TPSA) is 206 Å². The maximum absolute atomic E-state index is 11.6. The predicted octanol–water partition coefficient (Wildman–Crippen LogP) is -3.57. The van der Waals surface area contributed by atoms with Gasteiger partial charge in [-0.2, -0.15) is 0 Å². The zero-order valence-electron chi connectivity index (χ0n) is 12.9. The van der Waals surface area contributed by atoms with E-state index in [1.54, 1.807) is 0 Å². The molecule has 0 fully saturated rings. The Hall–Kier alpha value is -2.40. The van der Waals surface area contributed by atoms with Crippen molar-refractivity contribution in [3.63, 3.8) is 0 Å². The minimum Gasteiger partial charge on any atom is -0.480 e. The molecule has 0 spiro atoms. The first-order valence-corrected chi connectivity index (χ1v) is 6.94. The number of carboxylic acids is 1. The van der Waals surface area contributed by atoms with Crippen LogP contribution in [0.25, 0.3) is 0 Å². The fourth-order valence-corrected chi connectivity index (χ4v) is 1.51. The number of hydrogen-bond acceptors (Lipinski definition) is 6. The summed E-state index contributed by atoms with van der Waals surface area (Å²) >= 11 is 0. The zero-order chi connectivity index (χ0) is 18.0. The summed E-state index contributed by atoms with van der Waals surface area (Å²) in [5.74, 6) is -2.71. The number of aliphatic hydroxyl groups is 1. The van der Waals surface area contributed by atoms with Gasteiger partial charge in [0.25, 0.3) is 0 Å². The van der Waals surface area contributed by atoms with E-state index >= 15 is 0 Å². The normalized spacial score (nSPS) is 14.2. The van der Waals surface area contributed by atoms with Gasteiger partial charge in [0.05, 0.1) is 12.6 Å². The standard InChI is InChI=1S/C12H24N6O5/c1-6(19)9(13)10(21)17-5-8(20)18-7(11(22)23)3-2-4-16-12(14)15/h6-7,9,19H,2-5,13H2,1H3,(H,17,21)(H,18,20)(H,22,23)(H4,14,15,16). The Morgan fingerprint density at radius 2 is 1.87 bits per heavy atom. The van der Waals surface area contributed by atoms with Gasteiger partial charge in [0, 0.05) is 6.54 Å². The Kier molecular flexibility index (Phi) is 9.27. The fraction of sp³-hybridized carbons (Fsp3) is 0.667. The zero-order valence-corrected chi connectivity index (χ0v) is 12.9. The molecule has 0 aromatic rings. The fourth-order valence-electron chi connectivity index (χ4n) is 1.51. The van der Waals surface area contributed by atoms with Gasteiger partial charge < -0.3 is 38.0 Å². The number of carbonyl (C=O) groups excluding carboxylic acids is 2. The molecule has 0 aliphatic heterocycles. The summed E-state index contributed by atoms with van der Waals surface area (Å²) < 4.78 is 0. The summed E-state index contributed by atoms with van der Waals surface area (Å²) in [6, 6.07) is -2.29. The molecule has 0 saturated heterocycles. The van der Waals surface area contributed by atoms with Crippen LogP contribution in [0, 0.1) is 0 Å². The van der Waals surface area contributed by atoms with Gasteiger partial charge in [-0.1, -0.05) is 0 Å². The third-order valence-corrected chi connectivity index (χ3v) is 2.82. The van der Waals surface area contributed by atoms with E-state index in [9.17, 15) is 14.4 Å². The van der Waals surface area contributed by atoms with E-state index in [-0.39, 0.29) is 18.9 Å². The van der Waals surface area contributed by atoms with Crippen LogP contribution in [0.1, 0.15) is 19.8 Å². The second kappa shape index (κ2) is 10.3. The van der Waals surface area contributed by atoms with Crippen molar-refractivity contribution >= 4 is 23.7 Å². The van der Waals surface area contributed by atoms with Crippen LogP contribution in [0.4, 0.5) is 0 Å². The minimum atomic E-state index is -1.21. The molecule has 11 nitrogen and oxygen atoms in total. The molecule has 10 N–H and O–H groups in total. The average molecular weight is 332 g/mol. The summed E-state index contributed by atoms with van der Waals surface area (Å²) in [7, 11) is 0. The number of guanidine groups is 1. The van der Waals surface area contributed by atoms with Crippen LogP contribution < -0.4 is 27.8 Å². The number of aliphatic imine (C=N–C) groups is 1. The molecule has 3 unspecified atom stereocenters. The van der Waals surface area contributed by atoms with Crippen LogP contribution in [-0.2, 0) is 14.4 Å². The summed E-state index contributed by atoms with van der Waals surface area (Å²) in [6.45, 7) is 1.13. The molecule has 0 aromatic carbocycles. The highest BCUT2D eigenvalue weighted by Crippen LogP contribution is 1.98. The van der Waals surface area contributed by atoms with Crippen LogP contribution >= 0.6 is 0 Å². The van der Waals surface area contributed by atoms with Crippen molar-refractivity contribution in [2.24, 2.45) is 22.2 Å². The highest BCUT2D eigenvalue weighted by Gasteiger charge is 2.22. The first kappa shape index (κ1) is 20.6. The van der Waals surface area contributed by atoms with Gasteiger partial charge in [-0.25, -0.2) is 4.79 Å². The first-order chi connectivity index (χ1) is 10.6. The molecule has 0 aliphatic rings. The van der Waals surface area contributed by atoms with Gasteiger partial charge in [-0.15, -0.1) is 0 Å². The van der Waals surface area contributed by atoms with Gasteiger partial charge in [0.15, 0.2) is 5.96 Å². The molecular weight excluding hydrogens is 308 g/mol. The number of nitrogens with zero attached hydrogens (tertiary/aromatic N) is 1. The number of nitrogens with one attached hydrogen (secondary N) is 2. The Bertz CT molecular complexity index is 449. The van der Waals surface area contributed by atoms with E-state index in [1.165, 1.54) is 6.92 Å². The number of aliphatic carboxylic acids is 1. The van der Waals surface area contributed by atoms with Gasteiger partial charge in [0.1, 0.15) is 12.1 Å². The number of nitrogens with two attached hydrogens (primary N) is 3. The molecule has 0 saturated carbocycles. The average Bonchev–Trinajstić information content (AvgIpc) is 2.46. The SMILES string of the molecule is CC(O)C(N)C(=O)NCC(=O)NC(CCCN=C(N)N)C(=O)O. The van der Waals surface area contributed by atoms with E-state index in [0.717, 1.165) is 0 Å². The van der Waals surface area contributed by atoms with Crippen LogP contribution in [-0.4, -0.2) is 65.2 Å². The van der Waals surface area contributed by atoms with Gasteiger partial charge in [0.2, 0.25) is 11.8 Å². The minimum absolute atomic E-state index is 0.0990. The van der Waals surface area contributed by atoms with Crippen LogP contribution in [0.5, 0.6) is 0 Å². The Morgan fingerprint density at radius 1 is 1.26 bits per heavy atom. The second-order valence-corrected chi connectivity index (χ2v) is 4.89. The number of rotatable bonds is 10. The van der Waals surface area contributed by atoms with E-state index in [2.05, 4.69) is 15.6 Å². The van der Waals surface area contributed by atoms with Crippen molar-refractivity contribution in [1.82, 2.24) is 10.6 Å². The molecule has 0 heterocycles. The lowest BCUT2D eigenvalue weighted by molar-refractivity contribution is -0.142. The van der Waals surface area contributed by atoms with Crippen molar-refractivity contribution in [3.05, 3.63) is 0 Å². The number of carbonyl (C=O) groups is 3. The van der Waals surface area contributed by atoms with E-state index < -0.39 is 42.5 Å². The molecule has 0 rings (SSSR count). The number of aliphatic hydroxyl groups excluding tert-OH is 1. The van der Waals surface area contributed by atoms with Crippen molar-refractivity contribution in [2.45, 2.75) is 38.0 Å². The molecule has 132 valence electrons. The lowest BCUT2D eigenvalue weighted by atomic mass is 10.1. The maximum atomic E-state index is 11.6. The van der Waals surface area contributed by atoms with Gasteiger partial charge in [-0.3, -0.25) is 14.6 Å². The lowest BCUT2D eigenvalue weighted by Crippen LogP contribution is -2.51. The molecule has 2 amide bonds. The summed E-state index contributed by atoms with van der Waals surface area (Å²) in [5.41, 5.74) is 15.7. The summed E-state index contributed by atoms with van der Waals surface area (Å²) in [6.07, 6.45) is -0.590. The molecule has 0 radical (unpaired) electrons. The molecule has 23 heavy (non-hydrogen) atoms. The lowest BCUT2D eigenvalue weighted by Gasteiger charge is -2.16. The third-order valence-electron chi connectivity index (χ3n) is 2.82. The first-order valence-electron chi connectivity index (χ1n) is 6.94. The van der Waals surface area contributed by atoms with Crippen molar-refractivity contribution in [3.8, 4) is 0 Å². The smallest absolute Gasteiger partial charge is 0.326 e. The number of carboxylic acid groups (broad SMARTS) is 1. The highest BCUT2D eigenvalue weighted by molar-refractivity contribution is 5.89. The molecule has 3 atom stereocenters. The van der Waals surface area contributed by atoms with E-state index in [1.807, 2.05) is 0 Å². The van der Waals surface area contributed by atoms with E-state index in [4.69, 9.17) is 27.4 Å². The van der Waals surface area contributed by atoms with Crippen molar-refractivity contribution in [1.29, 1.82) is 0 Å². The van der Waals surface area contributed by atoms with Crippen LogP contribution in [0.3, 0.4) is 0 Å². The molecular formula is C12H24N6O5. The Balaban J connectivity index is 4.27. The van der Waals surface area contributed by atoms with Crippen molar-refractivity contribution < 1.29 is 24.6 Å². The number of amides is 2. The highest BCUT2D eigenvalue weighted by atomic mass is 16.4. The van der Waals surface area contributed by atoms with Crippen molar-refractivity contribution in [2.75, 3.05) is 13.1 Å². The summed E-state index contributed by atoms with van der Waals surface area (Å²) in [4.78, 5) is 37.8.